The molecule has 0 aliphatic rings. The van der Waals surface area contributed by atoms with Crippen LogP contribution in [-0.2, 0) is 5.41 Å². The lowest BCUT2D eigenvalue weighted by Crippen LogP contribution is -2.10. The molecule has 1 atom stereocenters. The van der Waals surface area contributed by atoms with Gasteiger partial charge in [-0.2, -0.15) is 0 Å². The SMILES string of the molecule is CCC(Br)c1nnc(C(C)(C)C)s1. The van der Waals surface area contributed by atoms with Crippen molar-refractivity contribution < 1.29 is 0 Å². The highest BCUT2D eigenvalue weighted by Crippen LogP contribution is 2.32. The first-order chi connectivity index (χ1) is 5.95. The number of hydrogen-bond donors (Lipinski definition) is 0. The minimum atomic E-state index is 0.121. The number of nitrogens with zero attached hydrogens (tertiary/aromatic N) is 2. The van der Waals surface area contributed by atoms with Crippen LogP contribution in [0.15, 0.2) is 0 Å². The summed E-state index contributed by atoms with van der Waals surface area (Å²) in [5, 5.41) is 10.6. The maximum atomic E-state index is 4.20. The highest BCUT2D eigenvalue weighted by atomic mass is 79.9. The van der Waals surface area contributed by atoms with E-state index in [0.29, 0.717) is 4.83 Å². The summed E-state index contributed by atoms with van der Waals surface area (Å²) in [5.41, 5.74) is 0.121. The van der Waals surface area contributed by atoms with Crippen molar-refractivity contribution in [3.05, 3.63) is 10.0 Å². The van der Waals surface area contributed by atoms with E-state index in [0.717, 1.165) is 16.4 Å². The Balaban J connectivity index is 2.87. The largest absolute Gasteiger partial charge is 0.143 e. The fourth-order valence-electron chi connectivity index (χ4n) is 0.839. The third-order valence-corrected chi connectivity index (χ3v) is 4.56. The molecule has 1 rings (SSSR count). The van der Waals surface area contributed by atoms with Gasteiger partial charge < -0.3 is 0 Å². The van der Waals surface area contributed by atoms with Gasteiger partial charge in [-0.1, -0.05) is 55.0 Å². The summed E-state index contributed by atoms with van der Waals surface area (Å²) >= 11 is 5.28. The molecule has 0 fully saturated rings. The normalized spacial score (nSPS) is 14.5. The molecule has 0 aromatic carbocycles. The van der Waals surface area contributed by atoms with Crippen molar-refractivity contribution in [2.45, 2.75) is 44.4 Å². The molecule has 0 N–H and O–H groups in total. The van der Waals surface area contributed by atoms with Crippen LogP contribution in [0.25, 0.3) is 0 Å². The third kappa shape index (κ3) is 2.74. The first kappa shape index (κ1) is 11.1. The number of halogens is 1. The highest BCUT2D eigenvalue weighted by molar-refractivity contribution is 9.09. The van der Waals surface area contributed by atoms with E-state index in [2.05, 4.69) is 53.8 Å². The zero-order valence-electron chi connectivity index (χ0n) is 8.47. The maximum absolute atomic E-state index is 4.20. The van der Waals surface area contributed by atoms with E-state index in [1.54, 1.807) is 11.3 Å². The van der Waals surface area contributed by atoms with Crippen molar-refractivity contribution in [2.24, 2.45) is 0 Å². The van der Waals surface area contributed by atoms with Gasteiger partial charge in [0.05, 0.1) is 4.83 Å². The molecule has 0 aliphatic heterocycles. The minimum Gasteiger partial charge on any atom is -0.143 e. The molecule has 13 heavy (non-hydrogen) atoms. The van der Waals surface area contributed by atoms with Gasteiger partial charge in [-0.3, -0.25) is 0 Å². The molecule has 74 valence electrons. The van der Waals surface area contributed by atoms with Crippen molar-refractivity contribution in [1.29, 1.82) is 0 Å². The summed E-state index contributed by atoms with van der Waals surface area (Å²) in [5.74, 6) is 0. The molecule has 0 radical (unpaired) electrons. The number of alkyl halides is 1. The van der Waals surface area contributed by atoms with Gasteiger partial charge in [-0.15, -0.1) is 10.2 Å². The Labute approximate surface area is 91.9 Å². The first-order valence-corrected chi connectivity index (χ1v) is 6.16. The fourth-order valence-corrected chi connectivity index (χ4v) is 2.17. The molecule has 2 nitrogen and oxygen atoms in total. The Morgan fingerprint density at radius 1 is 1.38 bits per heavy atom. The standard InChI is InChI=1S/C9H15BrN2S/c1-5-6(10)7-11-12-8(13-7)9(2,3)4/h6H,5H2,1-4H3. The average Bonchev–Trinajstić information content (AvgIpc) is 2.50. The Bertz CT molecular complexity index is 277. The predicted octanol–water partition coefficient (Wildman–Crippen LogP) is 3.68. The predicted molar refractivity (Wildman–Crippen MR) is 60.6 cm³/mol. The van der Waals surface area contributed by atoms with E-state index >= 15 is 0 Å². The first-order valence-electron chi connectivity index (χ1n) is 4.43. The van der Waals surface area contributed by atoms with Gasteiger partial charge in [0.2, 0.25) is 0 Å². The molecule has 0 aliphatic carbocycles. The number of rotatable bonds is 2. The van der Waals surface area contributed by atoms with E-state index in [9.17, 15) is 0 Å². The molecule has 1 aromatic heterocycles. The lowest BCUT2D eigenvalue weighted by molar-refractivity contribution is 0.577. The van der Waals surface area contributed by atoms with Crippen LogP contribution in [0.1, 0.15) is 49.0 Å². The molecule has 0 saturated carbocycles. The van der Waals surface area contributed by atoms with E-state index in [4.69, 9.17) is 0 Å². The van der Waals surface area contributed by atoms with Gasteiger partial charge in [0.1, 0.15) is 10.0 Å². The van der Waals surface area contributed by atoms with E-state index in [1.165, 1.54) is 0 Å². The van der Waals surface area contributed by atoms with Crippen LogP contribution in [0.2, 0.25) is 0 Å². The summed E-state index contributed by atoms with van der Waals surface area (Å²) in [6, 6.07) is 0. The molecule has 0 spiro atoms. The van der Waals surface area contributed by atoms with E-state index < -0.39 is 0 Å². The summed E-state index contributed by atoms with van der Waals surface area (Å²) in [6.45, 7) is 8.61. The third-order valence-electron chi connectivity index (χ3n) is 1.71. The molecule has 4 heteroatoms. The van der Waals surface area contributed by atoms with Crippen LogP contribution in [0, 0.1) is 0 Å². The van der Waals surface area contributed by atoms with Crippen molar-refractivity contribution in [3.63, 3.8) is 0 Å². The minimum absolute atomic E-state index is 0.121. The van der Waals surface area contributed by atoms with Crippen LogP contribution in [0.5, 0.6) is 0 Å². The molecule has 0 bridgehead atoms. The zero-order chi connectivity index (χ0) is 10.1. The Morgan fingerprint density at radius 2 is 2.00 bits per heavy atom. The lowest BCUT2D eigenvalue weighted by atomic mass is 9.98. The van der Waals surface area contributed by atoms with Crippen molar-refractivity contribution in [2.75, 3.05) is 0 Å². The van der Waals surface area contributed by atoms with Crippen LogP contribution in [0.4, 0.5) is 0 Å². The van der Waals surface area contributed by atoms with Gasteiger partial charge in [0.25, 0.3) is 0 Å². The van der Waals surface area contributed by atoms with Gasteiger partial charge in [0, 0.05) is 5.41 Å². The molecular weight excluding hydrogens is 248 g/mol. The van der Waals surface area contributed by atoms with Crippen LogP contribution >= 0.6 is 27.3 Å². The van der Waals surface area contributed by atoms with E-state index in [-0.39, 0.29) is 5.41 Å². The van der Waals surface area contributed by atoms with Crippen LogP contribution in [-0.4, -0.2) is 10.2 Å². The molecule has 0 saturated heterocycles. The molecule has 1 unspecified atom stereocenters. The van der Waals surface area contributed by atoms with Gasteiger partial charge in [0.15, 0.2) is 0 Å². The van der Waals surface area contributed by atoms with Gasteiger partial charge in [-0.25, -0.2) is 0 Å². The number of aromatic nitrogens is 2. The number of hydrogen-bond acceptors (Lipinski definition) is 3. The molecule has 1 aromatic rings. The smallest absolute Gasteiger partial charge is 0.131 e. The lowest BCUT2D eigenvalue weighted by Gasteiger charge is -2.12. The van der Waals surface area contributed by atoms with E-state index in [1.807, 2.05) is 0 Å². The molecule has 1 heterocycles. The Kier molecular flexibility index (Phi) is 3.46. The summed E-state index contributed by atoms with van der Waals surface area (Å²) in [4.78, 5) is 0.362. The Morgan fingerprint density at radius 3 is 2.38 bits per heavy atom. The van der Waals surface area contributed by atoms with Gasteiger partial charge >= 0.3 is 0 Å². The molecule has 0 amide bonds. The summed E-state index contributed by atoms with van der Waals surface area (Å²) in [7, 11) is 0. The van der Waals surface area contributed by atoms with Crippen molar-refractivity contribution in [1.82, 2.24) is 10.2 Å². The second-order valence-corrected chi connectivity index (χ2v) is 6.19. The summed E-state index contributed by atoms with van der Waals surface area (Å²) < 4.78 is 0. The maximum Gasteiger partial charge on any atom is 0.131 e. The quantitative estimate of drug-likeness (QED) is 0.760. The van der Waals surface area contributed by atoms with Gasteiger partial charge in [-0.05, 0) is 6.42 Å². The average molecular weight is 263 g/mol. The van der Waals surface area contributed by atoms with Crippen LogP contribution in [0.3, 0.4) is 0 Å². The van der Waals surface area contributed by atoms with Crippen LogP contribution < -0.4 is 0 Å². The van der Waals surface area contributed by atoms with Crippen molar-refractivity contribution >= 4 is 27.3 Å². The second kappa shape index (κ2) is 4.05. The zero-order valence-corrected chi connectivity index (χ0v) is 10.9. The van der Waals surface area contributed by atoms with Crippen molar-refractivity contribution in [3.8, 4) is 0 Å². The topological polar surface area (TPSA) is 25.8 Å². The monoisotopic (exact) mass is 262 g/mol. The molecular formula is C9H15BrN2S. The fraction of sp³-hybridized carbons (Fsp3) is 0.778. The highest BCUT2D eigenvalue weighted by Gasteiger charge is 2.21. The Hall–Kier alpha value is 0.0400. The summed E-state index contributed by atoms with van der Waals surface area (Å²) in [6.07, 6.45) is 1.05. The second-order valence-electron chi connectivity index (χ2n) is 4.07.